The van der Waals surface area contributed by atoms with Crippen molar-refractivity contribution in [1.29, 1.82) is 0 Å². The molecule has 112 valence electrons. The van der Waals surface area contributed by atoms with Gasteiger partial charge in [0.1, 0.15) is 5.75 Å². The summed E-state index contributed by atoms with van der Waals surface area (Å²) in [4.78, 5) is 2.35. The Morgan fingerprint density at radius 3 is 2.50 bits per heavy atom. The van der Waals surface area contributed by atoms with Gasteiger partial charge in [0.15, 0.2) is 0 Å². The van der Waals surface area contributed by atoms with Crippen LogP contribution in [-0.4, -0.2) is 23.1 Å². The summed E-state index contributed by atoms with van der Waals surface area (Å²) in [7, 11) is 0. The van der Waals surface area contributed by atoms with Gasteiger partial charge in [-0.15, -0.1) is 0 Å². The van der Waals surface area contributed by atoms with Crippen LogP contribution in [0.5, 0.6) is 5.75 Å². The van der Waals surface area contributed by atoms with Crippen LogP contribution in [-0.2, 0) is 6.54 Å². The summed E-state index contributed by atoms with van der Waals surface area (Å²) in [5.41, 5.74) is 2.51. The minimum Gasteiger partial charge on any atom is -0.508 e. The van der Waals surface area contributed by atoms with Crippen LogP contribution in [0.3, 0.4) is 0 Å². The van der Waals surface area contributed by atoms with E-state index in [1.807, 2.05) is 6.07 Å². The van der Waals surface area contributed by atoms with Crippen LogP contribution in [0.15, 0.2) is 18.2 Å². The molecule has 0 aliphatic heterocycles. The fourth-order valence-corrected chi connectivity index (χ4v) is 3.46. The molecule has 20 heavy (non-hydrogen) atoms. The fourth-order valence-electron chi connectivity index (χ4n) is 3.46. The minimum atomic E-state index is 0.448. The molecule has 1 N–H and O–H groups in total. The molecule has 2 heteroatoms. The molecule has 1 aromatic rings. The molecule has 0 spiro atoms. The third-order valence-electron chi connectivity index (χ3n) is 4.93. The second-order valence-electron chi connectivity index (χ2n) is 6.22. The number of aromatic hydroxyl groups is 1. The zero-order valence-electron chi connectivity index (χ0n) is 13.2. The van der Waals surface area contributed by atoms with Crippen LogP contribution in [0.25, 0.3) is 0 Å². The quantitative estimate of drug-likeness (QED) is 0.853. The highest BCUT2D eigenvalue weighted by atomic mass is 16.3. The first-order chi connectivity index (χ1) is 9.65. The molecule has 0 bridgehead atoms. The fraction of sp³-hybridized carbons (Fsp3) is 0.667. The highest BCUT2D eigenvalue weighted by Crippen LogP contribution is 2.38. The number of nitrogens with zero attached hydrogens (tertiary/aromatic N) is 1. The second-order valence-corrected chi connectivity index (χ2v) is 6.22. The molecule has 2 atom stereocenters. The monoisotopic (exact) mass is 275 g/mol. The van der Waals surface area contributed by atoms with Crippen molar-refractivity contribution >= 4 is 0 Å². The van der Waals surface area contributed by atoms with E-state index in [-0.39, 0.29) is 0 Å². The summed E-state index contributed by atoms with van der Waals surface area (Å²) >= 11 is 0. The zero-order valence-corrected chi connectivity index (χ0v) is 13.2. The van der Waals surface area contributed by atoms with E-state index in [9.17, 15) is 5.11 Å². The maximum atomic E-state index is 10.1. The lowest BCUT2D eigenvalue weighted by molar-refractivity contribution is 0.290. The van der Waals surface area contributed by atoms with E-state index in [1.165, 1.54) is 31.2 Å². The molecule has 1 saturated carbocycles. The van der Waals surface area contributed by atoms with E-state index in [0.29, 0.717) is 11.7 Å². The van der Waals surface area contributed by atoms with E-state index in [1.54, 1.807) is 0 Å². The first-order valence-electron chi connectivity index (χ1n) is 8.19. The first-order valence-corrected chi connectivity index (χ1v) is 8.19. The predicted molar refractivity (Wildman–Crippen MR) is 85.1 cm³/mol. The van der Waals surface area contributed by atoms with Crippen molar-refractivity contribution in [2.24, 2.45) is 5.92 Å². The Labute approximate surface area is 123 Å². The smallest absolute Gasteiger partial charge is 0.120 e. The SMILES string of the molecule is CCN(CC)Cc1cc([C@@H]2CCCC[C@@H]2C)ccc1O. The molecule has 0 aromatic heterocycles. The molecule has 0 radical (unpaired) electrons. The largest absolute Gasteiger partial charge is 0.508 e. The lowest BCUT2D eigenvalue weighted by atomic mass is 9.76. The summed E-state index contributed by atoms with van der Waals surface area (Å²) in [6.07, 6.45) is 5.37. The number of hydrogen-bond acceptors (Lipinski definition) is 2. The van der Waals surface area contributed by atoms with Crippen LogP contribution < -0.4 is 0 Å². The topological polar surface area (TPSA) is 23.5 Å². The highest BCUT2D eigenvalue weighted by Gasteiger charge is 2.23. The van der Waals surface area contributed by atoms with E-state index in [4.69, 9.17) is 0 Å². The van der Waals surface area contributed by atoms with Gasteiger partial charge in [0, 0.05) is 12.1 Å². The summed E-state index contributed by atoms with van der Waals surface area (Å²) in [5.74, 6) is 1.90. The van der Waals surface area contributed by atoms with Crippen molar-refractivity contribution in [2.75, 3.05) is 13.1 Å². The van der Waals surface area contributed by atoms with E-state index in [2.05, 4.69) is 37.8 Å². The molecular formula is C18H29NO. The van der Waals surface area contributed by atoms with Gasteiger partial charge in [-0.05, 0) is 43.0 Å². The minimum absolute atomic E-state index is 0.448. The van der Waals surface area contributed by atoms with Crippen LogP contribution in [0.4, 0.5) is 0 Å². The first kappa shape index (κ1) is 15.4. The van der Waals surface area contributed by atoms with Gasteiger partial charge in [0.2, 0.25) is 0 Å². The molecular weight excluding hydrogens is 246 g/mol. The van der Waals surface area contributed by atoms with E-state index < -0.39 is 0 Å². The Morgan fingerprint density at radius 2 is 1.85 bits per heavy atom. The molecule has 0 saturated heterocycles. The predicted octanol–water partition coefficient (Wildman–Crippen LogP) is 4.53. The maximum absolute atomic E-state index is 10.1. The molecule has 1 aliphatic carbocycles. The molecule has 0 unspecified atom stereocenters. The van der Waals surface area contributed by atoms with Gasteiger partial charge in [-0.2, -0.15) is 0 Å². The van der Waals surface area contributed by atoms with Crippen molar-refractivity contribution in [3.63, 3.8) is 0 Å². The molecule has 0 heterocycles. The Kier molecular flexibility index (Phi) is 5.47. The van der Waals surface area contributed by atoms with E-state index in [0.717, 1.165) is 31.1 Å². The highest BCUT2D eigenvalue weighted by molar-refractivity contribution is 5.38. The van der Waals surface area contributed by atoms with Gasteiger partial charge in [0.25, 0.3) is 0 Å². The van der Waals surface area contributed by atoms with Gasteiger partial charge < -0.3 is 5.11 Å². The van der Waals surface area contributed by atoms with E-state index >= 15 is 0 Å². The zero-order chi connectivity index (χ0) is 14.5. The normalized spacial score (nSPS) is 23.2. The number of rotatable bonds is 5. The van der Waals surface area contributed by atoms with Crippen molar-refractivity contribution in [3.8, 4) is 5.75 Å². The van der Waals surface area contributed by atoms with Crippen molar-refractivity contribution in [1.82, 2.24) is 4.90 Å². The Bertz CT molecular complexity index is 425. The van der Waals surface area contributed by atoms with Crippen LogP contribution in [0, 0.1) is 5.92 Å². The Balaban J connectivity index is 2.19. The summed E-state index contributed by atoms with van der Waals surface area (Å²) in [6.45, 7) is 9.63. The maximum Gasteiger partial charge on any atom is 0.120 e. The van der Waals surface area contributed by atoms with Crippen LogP contribution in [0.2, 0.25) is 0 Å². The lowest BCUT2D eigenvalue weighted by Crippen LogP contribution is -2.22. The van der Waals surface area contributed by atoms with Gasteiger partial charge in [0.05, 0.1) is 0 Å². The summed E-state index contributed by atoms with van der Waals surface area (Å²) in [6, 6.07) is 6.28. The van der Waals surface area contributed by atoms with Crippen molar-refractivity contribution in [3.05, 3.63) is 29.3 Å². The average Bonchev–Trinajstić information content (AvgIpc) is 2.47. The number of hydrogen-bond donors (Lipinski definition) is 1. The molecule has 2 nitrogen and oxygen atoms in total. The van der Waals surface area contributed by atoms with Crippen molar-refractivity contribution < 1.29 is 5.11 Å². The number of phenolic OH excluding ortho intramolecular Hbond substituents is 1. The lowest BCUT2D eigenvalue weighted by Gasteiger charge is -2.30. The van der Waals surface area contributed by atoms with Crippen molar-refractivity contribution in [2.45, 2.75) is 58.9 Å². The van der Waals surface area contributed by atoms with Gasteiger partial charge in [-0.25, -0.2) is 0 Å². The molecule has 2 rings (SSSR count). The average molecular weight is 275 g/mol. The Hall–Kier alpha value is -1.02. The number of benzene rings is 1. The molecule has 0 amide bonds. The molecule has 1 aromatic carbocycles. The van der Waals surface area contributed by atoms with Gasteiger partial charge >= 0.3 is 0 Å². The van der Waals surface area contributed by atoms with Crippen LogP contribution in [0.1, 0.15) is 63.5 Å². The standard InChI is InChI=1S/C18H29NO/c1-4-19(5-2)13-16-12-15(10-11-18(16)20)17-9-7-6-8-14(17)3/h10-12,14,17,20H,4-9,13H2,1-3H3/t14-,17+/m0/s1. The second kappa shape index (κ2) is 7.12. The molecule has 1 fully saturated rings. The summed E-state index contributed by atoms with van der Waals surface area (Å²) < 4.78 is 0. The summed E-state index contributed by atoms with van der Waals surface area (Å²) in [5, 5.41) is 10.1. The third kappa shape index (κ3) is 3.54. The van der Waals surface area contributed by atoms with Crippen LogP contribution >= 0.6 is 0 Å². The molecule has 1 aliphatic rings. The van der Waals surface area contributed by atoms with Gasteiger partial charge in [-0.3, -0.25) is 4.90 Å². The third-order valence-corrected chi connectivity index (χ3v) is 4.93. The van der Waals surface area contributed by atoms with Gasteiger partial charge in [-0.1, -0.05) is 52.2 Å². The number of phenols is 1. The Morgan fingerprint density at radius 1 is 1.15 bits per heavy atom.